The average molecular weight is 478 g/mol. The van der Waals surface area contributed by atoms with Crippen molar-refractivity contribution in [1.29, 1.82) is 0 Å². The van der Waals surface area contributed by atoms with Gasteiger partial charge in [-0.25, -0.2) is 0 Å². The van der Waals surface area contributed by atoms with Crippen LogP contribution in [-0.4, -0.2) is 43.4 Å². The largest absolute Gasteiger partial charge is 0.494 e. The SMILES string of the molecule is COc1cc(NC(=O)CCCOc2ccc(C(C)=O)cc2OC)ccc1NC(=O)c1cccnc1. The summed E-state index contributed by atoms with van der Waals surface area (Å²) in [7, 11) is 2.98. The highest BCUT2D eigenvalue weighted by molar-refractivity contribution is 6.05. The van der Waals surface area contributed by atoms with Crippen LogP contribution in [-0.2, 0) is 4.79 Å². The lowest BCUT2D eigenvalue weighted by Gasteiger charge is -2.13. The molecule has 0 aliphatic carbocycles. The van der Waals surface area contributed by atoms with Gasteiger partial charge in [-0.15, -0.1) is 0 Å². The Kier molecular flexibility index (Phi) is 8.77. The smallest absolute Gasteiger partial charge is 0.257 e. The molecule has 0 aliphatic rings. The molecule has 2 N–H and O–H groups in total. The van der Waals surface area contributed by atoms with Crippen LogP contribution >= 0.6 is 0 Å². The highest BCUT2D eigenvalue weighted by Gasteiger charge is 2.12. The first-order valence-electron chi connectivity index (χ1n) is 10.9. The molecule has 0 aliphatic heterocycles. The number of ketones is 1. The topological polar surface area (TPSA) is 116 Å². The van der Waals surface area contributed by atoms with E-state index >= 15 is 0 Å². The number of hydrogen-bond donors (Lipinski definition) is 2. The summed E-state index contributed by atoms with van der Waals surface area (Å²) in [5.74, 6) is 0.801. The summed E-state index contributed by atoms with van der Waals surface area (Å²) >= 11 is 0. The molecular formula is C26H27N3O6. The molecule has 3 rings (SSSR count). The average Bonchev–Trinajstić information content (AvgIpc) is 2.87. The first kappa shape index (κ1) is 25.2. The second kappa shape index (κ2) is 12.2. The first-order chi connectivity index (χ1) is 16.9. The van der Waals surface area contributed by atoms with E-state index in [-0.39, 0.29) is 24.0 Å². The van der Waals surface area contributed by atoms with Crippen molar-refractivity contribution in [1.82, 2.24) is 4.98 Å². The number of carbonyl (C=O) groups excluding carboxylic acids is 3. The zero-order valence-corrected chi connectivity index (χ0v) is 19.8. The van der Waals surface area contributed by atoms with Crippen molar-refractivity contribution < 1.29 is 28.6 Å². The Morgan fingerprint density at radius 1 is 0.886 bits per heavy atom. The number of hydrogen-bond acceptors (Lipinski definition) is 7. The summed E-state index contributed by atoms with van der Waals surface area (Å²) in [6.45, 7) is 1.78. The second-order valence-corrected chi connectivity index (χ2v) is 7.53. The summed E-state index contributed by atoms with van der Waals surface area (Å²) in [6, 6.07) is 13.3. The molecule has 0 atom stereocenters. The van der Waals surface area contributed by atoms with E-state index in [0.717, 1.165) is 0 Å². The van der Waals surface area contributed by atoms with Crippen molar-refractivity contribution >= 4 is 29.0 Å². The monoisotopic (exact) mass is 477 g/mol. The maximum Gasteiger partial charge on any atom is 0.257 e. The van der Waals surface area contributed by atoms with E-state index in [1.54, 1.807) is 54.7 Å². The molecule has 0 fully saturated rings. The van der Waals surface area contributed by atoms with Crippen molar-refractivity contribution in [3.05, 3.63) is 72.1 Å². The zero-order valence-electron chi connectivity index (χ0n) is 19.8. The molecule has 3 aromatic rings. The van der Waals surface area contributed by atoms with Gasteiger partial charge in [-0.2, -0.15) is 0 Å². The van der Waals surface area contributed by atoms with E-state index < -0.39 is 0 Å². The maximum atomic E-state index is 12.4. The molecule has 0 spiro atoms. The summed E-state index contributed by atoms with van der Waals surface area (Å²) < 4.78 is 16.3. The van der Waals surface area contributed by atoms with Crippen LogP contribution in [0.3, 0.4) is 0 Å². The predicted molar refractivity (Wildman–Crippen MR) is 132 cm³/mol. The van der Waals surface area contributed by atoms with E-state index in [4.69, 9.17) is 14.2 Å². The lowest BCUT2D eigenvalue weighted by atomic mass is 10.1. The third-order valence-corrected chi connectivity index (χ3v) is 5.03. The van der Waals surface area contributed by atoms with Gasteiger partial charge in [0.2, 0.25) is 5.91 Å². The Bertz CT molecular complexity index is 1200. The van der Waals surface area contributed by atoms with Crippen LogP contribution in [0.15, 0.2) is 60.9 Å². The number of ether oxygens (including phenoxy) is 3. The predicted octanol–water partition coefficient (Wildman–Crippen LogP) is 4.35. The third-order valence-electron chi connectivity index (χ3n) is 5.03. The molecule has 0 radical (unpaired) electrons. The van der Waals surface area contributed by atoms with E-state index in [9.17, 15) is 14.4 Å². The van der Waals surface area contributed by atoms with Crippen molar-refractivity contribution in [2.75, 3.05) is 31.5 Å². The van der Waals surface area contributed by atoms with Gasteiger partial charge in [-0.1, -0.05) is 0 Å². The first-order valence-corrected chi connectivity index (χ1v) is 10.9. The van der Waals surface area contributed by atoms with Crippen LogP contribution < -0.4 is 24.8 Å². The number of carbonyl (C=O) groups is 3. The van der Waals surface area contributed by atoms with Crippen LogP contribution in [0.25, 0.3) is 0 Å². The summed E-state index contributed by atoms with van der Waals surface area (Å²) in [6.07, 6.45) is 3.76. The fourth-order valence-electron chi connectivity index (χ4n) is 3.21. The molecule has 182 valence electrons. The van der Waals surface area contributed by atoms with Gasteiger partial charge in [0.1, 0.15) is 5.75 Å². The Morgan fingerprint density at radius 2 is 1.69 bits per heavy atom. The summed E-state index contributed by atoms with van der Waals surface area (Å²) in [4.78, 5) is 40.2. The molecule has 1 aromatic heterocycles. The van der Waals surface area contributed by atoms with Gasteiger partial charge in [0.25, 0.3) is 5.91 Å². The number of nitrogens with one attached hydrogen (secondary N) is 2. The molecule has 2 aromatic carbocycles. The molecule has 2 amide bonds. The van der Waals surface area contributed by atoms with Crippen LogP contribution in [0, 0.1) is 0 Å². The molecule has 0 unspecified atom stereocenters. The zero-order chi connectivity index (χ0) is 25.2. The van der Waals surface area contributed by atoms with Gasteiger partial charge in [-0.3, -0.25) is 19.4 Å². The number of Topliss-reactive ketones (excluding diaryl/α,β-unsaturated/α-hetero) is 1. The molecule has 1 heterocycles. The molecule has 9 nitrogen and oxygen atoms in total. The van der Waals surface area contributed by atoms with Crippen molar-refractivity contribution in [3.8, 4) is 17.2 Å². The number of pyridine rings is 1. The summed E-state index contributed by atoms with van der Waals surface area (Å²) in [5.41, 5.74) is 1.96. The summed E-state index contributed by atoms with van der Waals surface area (Å²) in [5, 5.41) is 5.58. The third kappa shape index (κ3) is 7.04. The van der Waals surface area contributed by atoms with E-state index in [1.165, 1.54) is 27.3 Å². The van der Waals surface area contributed by atoms with Gasteiger partial charge in [0, 0.05) is 36.1 Å². The van der Waals surface area contributed by atoms with Gasteiger partial charge in [-0.05, 0) is 55.8 Å². The lowest BCUT2D eigenvalue weighted by Crippen LogP contribution is -2.14. The number of rotatable bonds is 11. The van der Waals surface area contributed by atoms with Gasteiger partial charge in [0.15, 0.2) is 17.3 Å². The van der Waals surface area contributed by atoms with E-state index in [0.29, 0.717) is 52.8 Å². The Hall–Kier alpha value is -4.40. The van der Waals surface area contributed by atoms with Gasteiger partial charge in [0.05, 0.1) is 32.1 Å². The van der Waals surface area contributed by atoms with Crippen molar-refractivity contribution in [2.24, 2.45) is 0 Å². The molecule has 0 saturated carbocycles. The highest BCUT2D eigenvalue weighted by Crippen LogP contribution is 2.29. The fraction of sp³-hybridized carbons (Fsp3) is 0.231. The Balaban J connectivity index is 1.51. The molecular weight excluding hydrogens is 450 g/mol. The Morgan fingerprint density at radius 3 is 2.37 bits per heavy atom. The number of anilines is 2. The molecule has 9 heteroatoms. The Labute approximate surface area is 203 Å². The molecule has 0 saturated heterocycles. The fourth-order valence-corrected chi connectivity index (χ4v) is 3.21. The van der Waals surface area contributed by atoms with Gasteiger partial charge >= 0.3 is 0 Å². The highest BCUT2D eigenvalue weighted by atomic mass is 16.5. The number of amides is 2. The standard InChI is InChI=1S/C26H27N3O6/c1-17(30)18-8-11-22(24(14-18)34-3)35-13-5-7-25(31)28-20-9-10-21(23(15-20)33-2)29-26(32)19-6-4-12-27-16-19/h4,6,8-12,14-16H,5,7,13H2,1-3H3,(H,28,31)(H,29,32). The lowest BCUT2D eigenvalue weighted by molar-refractivity contribution is -0.116. The maximum absolute atomic E-state index is 12.4. The van der Waals surface area contributed by atoms with Gasteiger partial charge < -0.3 is 24.8 Å². The quantitative estimate of drug-likeness (QED) is 0.312. The number of nitrogens with zero attached hydrogens (tertiary/aromatic N) is 1. The number of benzene rings is 2. The minimum atomic E-state index is -0.319. The molecule has 0 bridgehead atoms. The normalized spacial score (nSPS) is 10.3. The number of aromatic nitrogens is 1. The van der Waals surface area contributed by atoms with E-state index in [2.05, 4.69) is 15.6 Å². The minimum Gasteiger partial charge on any atom is -0.494 e. The second-order valence-electron chi connectivity index (χ2n) is 7.53. The van der Waals surface area contributed by atoms with Crippen molar-refractivity contribution in [3.63, 3.8) is 0 Å². The molecule has 35 heavy (non-hydrogen) atoms. The van der Waals surface area contributed by atoms with Crippen LogP contribution in [0.4, 0.5) is 11.4 Å². The van der Waals surface area contributed by atoms with Crippen LogP contribution in [0.2, 0.25) is 0 Å². The van der Waals surface area contributed by atoms with Crippen LogP contribution in [0.5, 0.6) is 17.2 Å². The van der Waals surface area contributed by atoms with Crippen molar-refractivity contribution in [2.45, 2.75) is 19.8 Å². The van der Waals surface area contributed by atoms with E-state index in [1.807, 2.05) is 0 Å². The number of methoxy groups -OCH3 is 2. The minimum absolute atomic E-state index is 0.0629. The van der Waals surface area contributed by atoms with Crippen LogP contribution in [0.1, 0.15) is 40.5 Å².